The zero-order chi connectivity index (χ0) is 14.6. The predicted octanol–water partition coefficient (Wildman–Crippen LogP) is 3.98. The fourth-order valence-electron chi connectivity index (χ4n) is 1.67. The molecular formula is C14H14F3N3. The number of aromatic nitrogens is 2. The van der Waals surface area contributed by atoms with Gasteiger partial charge in [-0.2, -0.15) is 13.2 Å². The van der Waals surface area contributed by atoms with Crippen molar-refractivity contribution in [1.29, 1.82) is 0 Å². The van der Waals surface area contributed by atoms with Crippen molar-refractivity contribution in [2.24, 2.45) is 0 Å². The molecule has 6 heteroatoms. The van der Waals surface area contributed by atoms with Gasteiger partial charge in [0.25, 0.3) is 0 Å². The number of hydrogen-bond donors (Lipinski definition) is 1. The van der Waals surface area contributed by atoms with E-state index in [1.54, 1.807) is 12.3 Å². The first-order chi connectivity index (χ1) is 9.50. The van der Waals surface area contributed by atoms with Crippen molar-refractivity contribution in [3.05, 3.63) is 42.1 Å². The summed E-state index contributed by atoms with van der Waals surface area (Å²) < 4.78 is 37.5. The maximum atomic E-state index is 12.5. The molecule has 1 heterocycles. The molecule has 0 spiro atoms. The minimum atomic E-state index is -4.32. The Bertz CT molecular complexity index is 565. The lowest BCUT2D eigenvalue weighted by molar-refractivity contribution is -0.137. The molecule has 106 valence electrons. The van der Waals surface area contributed by atoms with Crippen LogP contribution in [0.1, 0.15) is 18.9 Å². The number of nitrogens with zero attached hydrogens (tertiary/aromatic N) is 2. The van der Waals surface area contributed by atoms with E-state index in [4.69, 9.17) is 0 Å². The average Bonchev–Trinajstić information content (AvgIpc) is 2.45. The van der Waals surface area contributed by atoms with E-state index in [1.807, 2.05) is 6.92 Å². The molecule has 0 saturated carbocycles. The van der Waals surface area contributed by atoms with Crippen molar-refractivity contribution in [2.75, 3.05) is 11.9 Å². The quantitative estimate of drug-likeness (QED) is 0.921. The fraction of sp³-hybridized carbons (Fsp3) is 0.286. The van der Waals surface area contributed by atoms with Crippen LogP contribution in [0.15, 0.2) is 36.5 Å². The van der Waals surface area contributed by atoms with Crippen LogP contribution in [-0.2, 0) is 6.18 Å². The van der Waals surface area contributed by atoms with Crippen LogP contribution in [-0.4, -0.2) is 16.5 Å². The maximum absolute atomic E-state index is 12.5. The number of anilines is 1. The monoisotopic (exact) mass is 281 g/mol. The van der Waals surface area contributed by atoms with E-state index in [9.17, 15) is 13.2 Å². The SMILES string of the molecule is CCCNc1nccc(-c2ccc(C(F)(F)F)cc2)n1. The molecule has 0 aliphatic rings. The summed E-state index contributed by atoms with van der Waals surface area (Å²) >= 11 is 0. The van der Waals surface area contributed by atoms with Crippen molar-refractivity contribution in [1.82, 2.24) is 9.97 Å². The second-order valence-electron chi connectivity index (χ2n) is 4.27. The molecule has 0 saturated heterocycles. The van der Waals surface area contributed by atoms with Gasteiger partial charge < -0.3 is 5.32 Å². The lowest BCUT2D eigenvalue weighted by atomic mass is 10.1. The Morgan fingerprint density at radius 1 is 1.10 bits per heavy atom. The minimum absolute atomic E-state index is 0.476. The summed E-state index contributed by atoms with van der Waals surface area (Å²) in [5.74, 6) is 0.476. The molecule has 0 fully saturated rings. The molecule has 0 bridgehead atoms. The first kappa shape index (κ1) is 14.3. The summed E-state index contributed by atoms with van der Waals surface area (Å²) in [5.41, 5.74) is 0.548. The summed E-state index contributed by atoms with van der Waals surface area (Å²) in [6.07, 6.45) is -1.80. The third-order valence-electron chi connectivity index (χ3n) is 2.70. The first-order valence-corrected chi connectivity index (χ1v) is 6.25. The molecule has 1 aromatic heterocycles. The van der Waals surface area contributed by atoms with Gasteiger partial charge in [0.1, 0.15) is 0 Å². The Kier molecular flexibility index (Phi) is 4.22. The molecule has 0 atom stereocenters. The zero-order valence-corrected chi connectivity index (χ0v) is 10.9. The van der Waals surface area contributed by atoms with Gasteiger partial charge in [0.15, 0.2) is 0 Å². The van der Waals surface area contributed by atoms with E-state index < -0.39 is 11.7 Å². The zero-order valence-electron chi connectivity index (χ0n) is 10.9. The van der Waals surface area contributed by atoms with E-state index in [1.165, 1.54) is 12.1 Å². The van der Waals surface area contributed by atoms with Crippen molar-refractivity contribution in [3.8, 4) is 11.3 Å². The van der Waals surface area contributed by atoms with Crippen LogP contribution in [0.25, 0.3) is 11.3 Å². The predicted molar refractivity (Wildman–Crippen MR) is 71.3 cm³/mol. The smallest absolute Gasteiger partial charge is 0.354 e. The van der Waals surface area contributed by atoms with Crippen LogP contribution in [0.3, 0.4) is 0 Å². The Labute approximate surface area is 114 Å². The van der Waals surface area contributed by atoms with Gasteiger partial charge in [0.05, 0.1) is 11.3 Å². The topological polar surface area (TPSA) is 37.8 Å². The van der Waals surface area contributed by atoms with E-state index in [0.29, 0.717) is 17.2 Å². The molecule has 0 aliphatic heterocycles. The normalized spacial score (nSPS) is 11.4. The van der Waals surface area contributed by atoms with Crippen LogP contribution >= 0.6 is 0 Å². The average molecular weight is 281 g/mol. The van der Waals surface area contributed by atoms with Gasteiger partial charge in [-0.05, 0) is 24.6 Å². The van der Waals surface area contributed by atoms with Gasteiger partial charge in [-0.1, -0.05) is 19.1 Å². The van der Waals surface area contributed by atoms with Crippen LogP contribution in [0.2, 0.25) is 0 Å². The van der Waals surface area contributed by atoms with E-state index in [2.05, 4.69) is 15.3 Å². The standard InChI is InChI=1S/C14H14F3N3/c1-2-8-18-13-19-9-7-12(20-13)10-3-5-11(6-4-10)14(15,16)17/h3-7,9H,2,8H2,1H3,(H,18,19,20). The maximum Gasteiger partial charge on any atom is 0.416 e. The minimum Gasteiger partial charge on any atom is -0.354 e. The molecule has 0 amide bonds. The van der Waals surface area contributed by atoms with Crippen LogP contribution in [0, 0.1) is 0 Å². The van der Waals surface area contributed by atoms with Gasteiger partial charge in [-0.3, -0.25) is 0 Å². The third-order valence-corrected chi connectivity index (χ3v) is 2.70. The van der Waals surface area contributed by atoms with E-state index in [0.717, 1.165) is 25.1 Å². The Morgan fingerprint density at radius 2 is 1.80 bits per heavy atom. The molecule has 0 unspecified atom stereocenters. The second kappa shape index (κ2) is 5.90. The molecule has 1 N–H and O–H groups in total. The molecular weight excluding hydrogens is 267 g/mol. The number of benzene rings is 1. The lowest BCUT2D eigenvalue weighted by Crippen LogP contribution is -2.05. The Morgan fingerprint density at radius 3 is 2.40 bits per heavy atom. The number of nitrogens with one attached hydrogen (secondary N) is 1. The molecule has 0 aliphatic carbocycles. The van der Waals surface area contributed by atoms with Gasteiger partial charge in [0, 0.05) is 18.3 Å². The second-order valence-corrected chi connectivity index (χ2v) is 4.27. The molecule has 20 heavy (non-hydrogen) atoms. The van der Waals surface area contributed by atoms with Crippen LogP contribution in [0.4, 0.5) is 19.1 Å². The highest BCUT2D eigenvalue weighted by Gasteiger charge is 2.29. The van der Waals surface area contributed by atoms with Crippen molar-refractivity contribution >= 4 is 5.95 Å². The summed E-state index contributed by atoms with van der Waals surface area (Å²) in [5, 5.41) is 3.04. The number of alkyl halides is 3. The summed E-state index contributed by atoms with van der Waals surface area (Å²) in [6, 6.07) is 6.59. The number of rotatable bonds is 4. The highest BCUT2D eigenvalue weighted by atomic mass is 19.4. The van der Waals surface area contributed by atoms with Crippen LogP contribution in [0.5, 0.6) is 0 Å². The highest BCUT2D eigenvalue weighted by Crippen LogP contribution is 2.30. The van der Waals surface area contributed by atoms with Gasteiger partial charge in [0.2, 0.25) is 5.95 Å². The third kappa shape index (κ3) is 3.46. The fourth-order valence-corrected chi connectivity index (χ4v) is 1.67. The molecule has 2 rings (SSSR count). The first-order valence-electron chi connectivity index (χ1n) is 6.25. The molecule has 0 radical (unpaired) electrons. The summed E-state index contributed by atoms with van der Waals surface area (Å²) in [4.78, 5) is 8.33. The number of hydrogen-bond acceptors (Lipinski definition) is 3. The number of halogens is 3. The largest absolute Gasteiger partial charge is 0.416 e. The Hall–Kier alpha value is -2.11. The van der Waals surface area contributed by atoms with Crippen LogP contribution < -0.4 is 5.32 Å². The molecule has 3 nitrogen and oxygen atoms in total. The summed E-state index contributed by atoms with van der Waals surface area (Å²) in [6.45, 7) is 2.77. The van der Waals surface area contributed by atoms with Crippen molar-refractivity contribution < 1.29 is 13.2 Å². The van der Waals surface area contributed by atoms with Crippen molar-refractivity contribution in [3.63, 3.8) is 0 Å². The van der Waals surface area contributed by atoms with Gasteiger partial charge in [-0.15, -0.1) is 0 Å². The molecule has 1 aromatic carbocycles. The summed E-state index contributed by atoms with van der Waals surface area (Å²) in [7, 11) is 0. The van der Waals surface area contributed by atoms with E-state index in [-0.39, 0.29) is 0 Å². The van der Waals surface area contributed by atoms with Gasteiger partial charge in [-0.25, -0.2) is 9.97 Å². The van der Waals surface area contributed by atoms with Crippen molar-refractivity contribution in [2.45, 2.75) is 19.5 Å². The highest BCUT2D eigenvalue weighted by molar-refractivity contribution is 5.60. The van der Waals surface area contributed by atoms with Gasteiger partial charge >= 0.3 is 6.18 Å². The Balaban J connectivity index is 2.23. The van der Waals surface area contributed by atoms with E-state index >= 15 is 0 Å². The molecule has 2 aromatic rings. The lowest BCUT2D eigenvalue weighted by Gasteiger charge is -2.08.